The number of unbranched alkanes of at least 4 members (excludes halogenated alkanes) is 1. The summed E-state index contributed by atoms with van der Waals surface area (Å²) in [4.78, 5) is 4.24. The van der Waals surface area contributed by atoms with Gasteiger partial charge >= 0.3 is 0 Å². The van der Waals surface area contributed by atoms with Crippen LogP contribution in [0.3, 0.4) is 0 Å². The van der Waals surface area contributed by atoms with Crippen molar-refractivity contribution in [2.75, 3.05) is 6.61 Å². The van der Waals surface area contributed by atoms with Gasteiger partial charge in [-0.2, -0.15) is 4.98 Å². The summed E-state index contributed by atoms with van der Waals surface area (Å²) in [6.07, 6.45) is 2.17. The van der Waals surface area contributed by atoms with E-state index in [0.29, 0.717) is 30.1 Å². The van der Waals surface area contributed by atoms with E-state index in [1.807, 2.05) is 0 Å². The number of hydrogen-bond donors (Lipinski definition) is 1. The monoisotopic (exact) mass is 250 g/mol. The highest BCUT2D eigenvalue weighted by atomic mass is 19.1. The van der Waals surface area contributed by atoms with Crippen LogP contribution in [0.2, 0.25) is 0 Å². The number of nitrogens with zero attached hydrogens (tertiary/aromatic N) is 2. The summed E-state index contributed by atoms with van der Waals surface area (Å²) < 4.78 is 18.2. The Hall–Kier alpha value is -1.75. The standard InChI is InChI=1S/C13H15FN2O2/c1-9-8-10(5-6-11(9)14)13-15-12(18-16-13)4-2-3-7-17/h5-6,8,17H,2-4,7H2,1H3. The van der Waals surface area contributed by atoms with E-state index in [9.17, 15) is 4.39 Å². The molecule has 1 N–H and O–H groups in total. The molecular weight excluding hydrogens is 235 g/mol. The predicted molar refractivity (Wildman–Crippen MR) is 64.5 cm³/mol. The second-order valence-electron chi connectivity index (χ2n) is 4.16. The van der Waals surface area contributed by atoms with Crippen molar-refractivity contribution in [3.63, 3.8) is 0 Å². The minimum absolute atomic E-state index is 0.165. The average molecular weight is 250 g/mol. The van der Waals surface area contributed by atoms with Gasteiger partial charge in [-0.3, -0.25) is 0 Å². The zero-order valence-corrected chi connectivity index (χ0v) is 10.2. The molecule has 0 amide bonds. The zero-order chi connectivity index (χ0) is 13.0. The molecule has 2 aromatic rings. The van der Waals surface area contributed by atoms with Gasteiger partial charge in [0.1, 0.15) is 5.82 Å². The van der Waals surface area contributed by atoms with Crippen LogP contribution in [-0.4, -0.2) is 21.9 Å². The minimum Gasteiger partial charge on any atom is -0.396 e. The molecule has 0 saturated heterocycles. The SMILES string of the molecule is Cc1cc(-c2noc(CCCCO)n2)ccc1F. The summed E-state index contributed by atoms with van der Waals surface area (Å²) in [6, 6.07) is 4.72. The van der Waals surface area contributed by atoms with Gasteiger partial charge in [0.05, 0.1) is 0 Å². The molecule has 5 heteroatoms. The molecule has 0 unspecified atom stereocenters. The highest BCUT2D eigenvalue weighted by Gasteiger charge is 2.09. The van der Waals surface area contributed by atoms with E-state index in [0.717, 1.165) is 12.0 Å². The number of aliphatic hydroxyl groups excluding tert-OH is 1. The molecule has 0 bridgehead atoms. The van der Waals surface area contributed by atoms with Gasteiger partial charge in [0.2, 0.25) is 11.7 Å². The van der Waals surface area contributed by atoms with Gasteiger partial charge < -0.3 is 9.63 Å². The summed E-state index contributed by atoms with van der Waals surface area (Å²) in [5.41, 5.74) is 1.30. The molecule has 1 aromatic heterocycles. The number of benzene rings is 1. The average Bonchev–Trinajstić information content (AvgIpc) is 2.82. The maximum atomic E-state index is 13.1. The molecule has 0 atom stereocenters. The first-order valence-electron chi connectivity index (χ1n) is 5.90. The molecule has 0 spiro atoms. The van der Waals surface area contributed by atoms with Gasteiger partial charge in [-0.15, -0.1) is 0 Å². The lowest BCUT2D eigenvalue weighted by atomic mass is 10.1. The van der Waals surface area contributed by atoms with Crippen LogP contribution in [0.25, 0.3) is 11.4 Å². The third-order valence-corrected chi connectivity index (χ3v) is 2.68. The van der Waals surface area contributed by atoms with E-state index in [1.165, 1.54) is 6.07 Å². The lowest BCUT2D eigenvalue weighted by Crippen LogP contribution is -1.89. The number of halogens is 1. The Morgan fingerprint density at radius 1 is 1.33 bits per heavy atom. The van der Waals surface area contributed by atoms with Crippen LogP contribution < -0.4 is 0 Å². The molecule has 2 rings (SSSR count). The van der Waals surface area contributed by atoms with Crippen molar-refractivity contribution in [3.8, 4) is 11.4 Å². The van der Waals surface area contributed by atoms with Gasteiger partial charge in [0.25, 0.3) is 0 Å². The van der Waals surface area contributed by atoms with E-state index >= 15 is 0 Å². The van der Waals surface area contributed by atoms with E-state index in [1.54, 1.807) is 19.1 Å². The Labute approximate surface area is 104 Å². The van der Waals surface area contributed by atoms with Crippen LogP contribution in [0, 0.1) is 12.7 Å². The molecule has 96 valence electrons. The normalized spacial score (nSPS) is 10.8. The van der Waals surface area contributed by atoms with Crippen molar-refractivity contribution in [3.05, 3.63) is 35.5 Å². The first kappa shape index (κ1) is 12.7. The first-order chi connectivity index (χ1) is 8.70. The summed E-state index contributed by atoms with van der Waals surface area (Å²) in [6.45, 7) is 1.86. The smallest absolute Gasteiger partial charge is 0.226 e. The van der Waals surface area contributed by atoms with E-state index in [-0.39, 0.29) is 12.4 Å². The van der Waals surface area contributed by atoms with Crippen molar-refractivity contribution in [1.82, 2.24) is 10.1 Å². The zero-order valence-electron chi connectivity index (χ0n) is 10.2. The van der Waals surface area contributed by atoms with Crippen molar-refractivity contribution in [1.29, 1.82) is 0 Å². The maximum absolute atomic E-state index is 13.1. The van der Waals surface area contributed by atoms with Crippen LogP contribution in [0.5, 0.6) is 0 Å². The second kappa shape index (κ2) is 5.73. The first-order valence-corrected chi connectivity index (χ1v) is 5.90. The number of aromatic nitrogens is 2. The molecule has 0 radical (unpaired) electrons. The molecule has 0 saturated carbocycles. The van der Waals surface area contributed by atoms with Crippen molar-refractivity contribution >= 4 is 0 Å². The largest absolute Gasteiger partial charge is 0.396 e. The fraction of sp³-hybridized carbons (Fsp3) is 0.385. The van der Waals surface area contributed by atoms with Gasteiger partial charge in [-0.25, -0.2) is 4.39 Å². The predicted octanol–water partition coefficient (Wildman–Crippen LogP) is 2.50. The Bertz CT molecular complexity index is 525. The van der Waals surface area contributed by atoms with Gasteiger partial charge in [0.15, 0.2) is 0 Å². The summed E-state index contributed by atoms with van der Waals surface area (Å²) >= 11 is 0. The van der Waals surface area contributed by atoms with E-state index in [4.69, 9.17) is 9.63 Å². The van der Waals surface area contributed by atoms with Gasteiger partial charge in [-0.05, 0) is 43.5 Å². The Morgan fingerprint density at radius 2 is 2.17 bits per heavy atom. The Kier molecular flexibility index (Phi) is 4.04. The molecule has 0 aliphatic heterocycles. The minimum atomic E-state index is -0.245. The Morgan fingerprint density at radius 3 is 2.89 bits per heavy atom. The van der Waals surface area contributed by atoms with Crippen molar-refractivity contribution in [2.45, 2.75) is 26.2 Å². The highest BCUT2D eigenvalue weighted by molar-refractivity contribution is 5.55. The van der Waals surface area contributed by atoms with Crippen molar-refractivity contribution < 1.29 is 14.0 Å². The van der Waals surface area contributed by atoms with Gasteiger partial charge in [0, 0.05) is 18.6 Å². The third-order valence-electron chi connectivity index (χ3n) is 2.68. The number of aryl methyl sites for hydroxylation is 2. The van der Waals surface area contributed by atoms with Crippen LogP contribution in [0.15, 0.2) is 22.7 Å². The lowest BCUT2D eigenvalue weighted by Gasteiger charge is -1.98. The highest BCUT2D eigenvalue weighted by Crippen LogP contribution is 2.19. The van der Waals surface area contributed by atoms with E-state index < -0.39 is 0 Å². The molecule has 1 aromatic carbocycles. The molecule has 0 aliphatic carbocycles. The summed E-state index contributed by atoms with van der Waals surface area (Å²) in [7, 11) is 0. The van der Waals surface area contributed by atoms with Crippen LogP contribution in [0.1, 0.15) is 24.3 Å². The van der Waals surface area contributed by atoms with Crippen molar-refractivity contribution in [2.24, 2.45) is 0 Å². The molecule has 1 heterocycles. The molecule has 4 nitrogen and oxygen atoms in total. The van der Waals surface area contributed by atoms with E-state index in [2.05, 4.69) is 10.1 Å². The molecule has 18 heavy (non-hydrogen) atoms. The molecule has 0 fully saturated rings. The topological polar surface area (TPSA) is 59.2 Å². The lowest BCUT2D eigenvalue weighted by molar-refractivity contribution is 0.281. The fourth-order valence-corrected chi connectivity index (χ4v) is 1.65. The number of hydrogen-bond acceptors (Lipinski definition) is 4. The summed E-state index contributed by atoms with van der Waals surface area (Å²) in [5.74, 6) is 0.767. The van der Waals surface area contributed by atoms with Crippen LogP contribution in [0.4, 0.5) is 4.39 Å². The number of aliphatic hydroxyl groups is 1. The Balaban J connectivity index is 2.11. The van der Waals surface area contributed by atoms with Crippen LogP contribution in [-0.2, 0) is 6.42 Å². The second-order valence-corrected chi connectivity index (χ2v) is 4.16. The third kappa shape index (κ3) is 2.92. The summed E-state index contributed by atoms with van der Waals surface area (Å²) in [5, 5.41) is 12.5. The fourth-order valence-electron chi connectivity index (χ4n) is 1.65. The quantitative estimate of drug-likeness (QED) is 0.828. The van der Waals surface area contributed by atoms with Crippen LogP contribution >= 0.6 is 0 Å². The molecular formula is C13H15FN2O2. The number of rotatable bonds is 5. The van der Waals surface area contributed by atoms with Gasteiger partial charge in [-0.1, -0.05) is 5.16 Å². The molecule has 0 aliphatic rings. The maximum Gasteiger partial charge on any atom is 0.226 e.